The summed E-state index contributed by atoms with van der Waals surface area (Å²) in [7, 11) is 3.07. The number of hydrogen-bond donors (Lipinski definition) is 1. The number of hydrogen-bond acceptors (Lipinski definition) is 5. The van der Waals surface area contributed by atoms with E-state index in [1.54, 1.807) is 25.3 Å². The van der Waals surface area contributed by atoms with Crippen molar-refractivity contribution in [2.45, 2.75) is 12.6 Å². The molecule has 1 aromatic heterocycles. The highest BCUT2D eigenvalue weighted by Gasteiger charge is 2.15. The van der Waals surface area contributed by atoms with Gasteiger partial charge in [-0.05, 0) is 12.1 Å². The van der Waals surface area contributed by atoms with E-state index in [4.69, 9.17) is 9.47 Å². The molecule has 0 saturated carbocycles. The van der Waals surface area contributed by atoms with E-state index in [1.165, 1.54) is 30.3 Å². The summed E-state index contributed by atoms with van der Waals surface area (Å²) < 4.78 is 11.7. The van der Waals surface area contributed by atoms with Crippen LogP contribution in [0, 0.1) is 0 Å². The van der Waals surface area contributed by atoms with E-state index in [0.717, 1.165) is 0 Å². The van der Waals surface area contributed by atoms with E-state index in [2.05, 4.69) is 4.98 Å². The Balaban J connectivity index is 2.27. The highest BCUT2D eigenvalue weighted by atomic mass is 16.5. The van der Waals surface area contributed by atoms with E-state index < -0.39 is 6.10 Å². The highest BCUT2D eigenvalue weighted by Crippen LogP contribution is 2.29. The molecule has 0 saturated heterocycles. The van der Waals surface area contributed by atoms with E-state index in [1.807, 2.05) is 0 Å². The maximum absolute atomic E-state index is 11.6. The molecule has 0 aliphatic heterocycles. The van der Waals surface area contributed by atoms with Crippen molar-refractivity contribution >= 4 is 0 Å². The SMILES string of the molecule is COc1ccc(C(O)Cn2cnccc2=O)c(OC)c1. The second-order valence-electron chi connectivity index (χ2n) is 4.19. The molecule has 6 nitrogen and oxygen atoms in total. The number of ether oxygens (including phenoxy) is 2. The van der Waals surface area contributed by atoms with Crippen molar-refractivity contribution in [3.63, 3.8) is 0 Å². The molecule has 106 valence electrons. The maximum atomic E-state index is 11.6. The first-order valence-corrected chi connectivity index (χ1v) is 6.06. The summed E-state index contributed by atoms with van der Waals surface area (Å²) in [4.78, 5) is 15.5. The van der Waals surface area contributed by atoms with E-state index in [-0.39, 0.29) is 12.1 Å². The van der Waals surface area contributed by atoms with Gasteiger partial charge in [0.05, 0.1) is 27.1 Å². The van der Waals surface area contributed by atoms with Crippen LogP contribution in [0.3, 0.4) is 0 Å². The molecule has 1 atom stereocenters. The Morgan fingerprint density at radius 2 is 2.10 bits per heavy atom. The third-order valence-electron chi connectivity index (χ3n) is 2.96. The number of methoxy groups -OCH3 is 2. The van der Waals surface area contributed by atoms with Gasteiger partial charge in [-0.1, -0.05) is 0 Å². The summed E-state index contributed by atoms with van der Waals surface area (Å²) >= 11 is 0. The fourth-order valence-electron chi connectivity index (χ4n) is 1.89. The Bertz CT molecular complexity index is 639. The molecule has 1 N–H and O–H groups in total. The summed E-state index contributed by atoms with van der Waals surface area (Å²) in [6.45, 7) is 0.107. The van der Waals surface area contributed by atoms with Gasteiger partial charge in [0.25, 0.3) is 5.56 Å². The van der Waals surface area contributed by atoms with Gasteiger partial charge in [-0.25, -0.2) is 4.98 Å². The zero-order valence-corrected chi connectivity index (χ0v) is 11.3. The average molecular weight is 276 g/mol. The van der Waals surface area contributed by atoms with Crippen molar-refractivity contribution < 1.29 is 14.6 Å². The summed E-state index contributed by atoms with van der Waals surface area (Å²) in [6, 6.07) is 6.47. The van der Waals surface area contributed by atoms with Crippen LogP contribution in [-0.4, -0.2) is 28.9 Å². The molecule has 0 aliphatic rings. The largest absolute Gasteiger partial charge is 0.497 e. The fourth-order valence-corrected chi connectivity index (χ4v) is 1.89. The van der Waals surface area contributed by atoms with E-state index in [0.29, 0.717) is 17.1 Å². The molecule has 0 aliphatic carbocycles. The molecule has 1 unspecified atom stereocenters. The van der Waals surface area contributed by atoms with Crippen molar-refractivity contribution in [3.05, 3.63) is 52.7 Å². The average Bonchev–Trinajstić information content (AvgIpc) is 2.48. The van der Waals surface area contributed by atoms with E-state index in [9.17, 15) is 9.90 Å². The topological polar surface area (TPSA) is 73.6 Å². The van der Waals surface area contributed by atoms with Crippen molar-refractivity contribution in [3.8, 4) is 11.5 Å². The number of aliphatic hydroxyl groups is 1. The molecule has 20 heavy (non-hydrogen) atoms. The van der Waals surface area contributed by atoms with Gasteiger partial charge in [0, 0.05) is 23.9 Å². The Morgan fingerprint density at radius 3 is 2.75 bits per heavy atom. The number of aliphatic hydroxyl groups excluding tert-OH is 1. The van der Waals surface area contributed by atoms with Crippen molar-refractivity contribution in [2.24, 2.45) is 0 Å². The predicted octanol–water partition coefficient (Wildman–Crippen LogP) is 0.994. The van der Waals surface area contributed by atoms with Gasteiger partial charge >= 0.3 is 0 Å². The fraction of sp³-hybridized carbons (Fsp3) is 0.286. The van der Waals surface area contributed by atoms with Gasteiger partial charge in [-0.2, -0.15) is 0 Å². The molecular weight excluding hydrogens is 260 g/mol. The van der Waals surface area contributed by atoms with Crippen LogP contribution in [0.2, 0.25) is 0 Å². The standard InChI is InChI=1S/C14H16N2O4/c1-19-10-3-4-11(13(7-10)20-2)12(17)8-16-9-15-6-5-14(16)18/h3-7,9,12,17H,8H2,1-2H3. The quantitative estimate of drug-likeness (QED) is 0.881. The first-order valence-electron chi connectivity index (χ1n) is 6.06. The third kappa shape index (κ3) is 2.97. The third-order valence-corrected chi connectivity index (χ3v) is 2.96. The van der Waals surface area contributed by atoms with Crippen LogP contribution < -0.4 is 15.0 Å². The Morgan fingerprint density at radius 1 is 1.30 bits per heavy atom. The lowest BCUT2D eigenvalue weighted by Gasteiger charge is -2.16. The smallest absolute Gasteiger partial charge is 0.253 e. The van der Waals surface area contributed by atoms with Crippen LogP contribution in [0.15, 0.2) is 41.6 Å². The number of nitrogens with zero attached hydrogens (tertiary/aromatic N) is 2. The normalized spacial score (nSPS) is 11.9. The Hall–Kier alpha value is -2.34. The summed E-state index contributed by atoms with van der Waals surface area (Å²) in [5.41, 5.74) is 0.371. The monoisotopic (exact) mass is 276 g/mol. The second-order valence-corrected chi connectivity index (χ2v) is 4.19. The van der Waals surface area contributed by atoms with Gasteiger partial charge in [0.1, 0.15) is 17.6 Å². The van der Waals surface area contributed by atoms with Crippen LogP contribution in [-0.2, 0) is 6.54 Å². The first kappa shape index (κ1) is 14.1. The maximum Gasteiger partial charge on any atom is 0.253 e. The lowest BCUT2D eigenvalue weighted by Crippen LogP contribution is -2.22. The molecule has 2 rings (SSSR count). The molecule has 1 aromatic carbocycles. The lowest BCUT2D eigenvalue weighted by molar-refractivity contribution is 0.150. The number of benzene rings is 1. The zero-order valence-electron chi connectivity index (χ0n) is 11.3. The van der Waals surface area contributed by atoms with Gasteiger partial charge in [-0.3, -0.25) is 9.36 Å². The van der Waals surface area contributed by atoms with Crippen molar-refractivity contribution in [1.82, 2.24) is 9.55 Å². The van der Waals surface area contributed by atoms with E-state index >= 15 is 0 Å². The van der Waals surface area contributed by atoms with Crippen LogP contribution in [0.4, 0.5) is 0 Å². The molecule has 0 radical (unpaired) electrons. The van der Waals surface area contributed by atoms with Gasteiger partial charge in [-0.15, -0.1) is 0 Å². The van der Waals surface area contributed by atoms with Gasteiger partial charge < -0.3 is 14.6 Å². The molecule has 6 heteroatoms. The number of rotatable bonds is 5. The zero-order chi connectivity index (χ0) is 14.5. The predicted molar refractivity (Wildman–Crippen MR) is 73.0 cm³/mol. The first-order chi connectivity index (χ1) is 9.65. The Labute approximate surface area is 116 Å². The molecule has 0 amide bonds. The van der Waals surface area contributed by atoms with Crippen LogP contribution in [0.25, 0.3) is 0 Å². The van der Waals surface area contributed by atoms with Crippen LogP contribution in [0.1, 0.15) is 11.7 Å². The minimum atomic E-state index is -0.877. The molecule has 0 spiro atoms. The molecule has 0 fully saturated rings. The number of aromatic nitrogens is 2. The highest BCUT2D eigenvalue weighted by molar-refractivity contribution is 5.41. The second kappa shape index (κ2) is 6.21. The van der Waals surface area contributed by atoms with Crippen LogP contribution in [0.5, 0.6) is 11.5 Å². The van der Waals surface area contributed by atoms with Gasteiger partial charge in [0.2, 0.25) is 0 Å². The van der Waals surface area contributed by atoms with Gasteiger partial charge in [0.15, 0.2) is 0 Å². The molecule has 1 heterocycles. The summed E-state index contributed by atoms with van der Waals surface area (Å²) in [5.74, 6) is 1.14. The molecular formula is C14H16N2O4. The van der Waals surface area contributed by atoms with Crippen LogP contribution >= 0.6 is 0 Å². The minimum Gasteiger partial charge on any atom is -0.497 e. The Kier molecular flexibility index (Phi) is 4.37. The molecule has 2 aromatic rings. The van der Waals surface area contributed by atoms with Crippen molar-refractivity contribution in [1.29, 1.82) is 0 Å². The summed E-state index contributed by atoms with van der Waals surface area (Å²) in [6.07, 6.45) is 1.93. The lowest BCUT2D eigenvalue weighted by atomic mass is 10.1. The summed E-state index contributed by atoms with van der Waals surface area (Å²) in [5, 5.41) is 10.3. The molecule has 0 bridgehead atoms. The van der Waals surface area contributed by atoms with Crippen molar-refractivity contribution in [2.75, 3.05) is 14.2 Å². The minimum absolute atomic E-state index is 0.107.